The molecule has 7 heteroatoms. The molecule has 31 heavy (non-hydrogen) atoms. The van der Waals surface area contributed by atoms with Gasteiger partial charge in [0.2, 0.25) is 0 Å². The van der Waals surface area contributed by atoms with Gasteiger partial charge in [-0.15, -0.1) is 0 Å². The summed E-state index contributed by atoms with van der Waals surface area (Å²) in [6.07, 6.45) is 4.38. The highest BCUT2D eigenvalue weighted by Crippen LogP contribution is 2.38. The highest BCUT2D eigenvalue weighted by Gasteiger charge is 2.31. The van der Waals surface area contributed by atoms with Gasteiger partial charge < -0.3 is 4.74 Å². The van der Waals surface area contributed by atoms with Gasteiger partial charge in [-0.05, 0) is 68.5 Å². The molecule has 0 N–H and O–H groups in total. The third kappa shape index (κ3) is 4.63. The average Bonchev–Trinajstić information content (AvgIpc) is 2.99. The van der Waals surface area contributed by atoms with Crippen molar-refractivity contribution in [3.63, 3.8) is 0 Å². The van der Waals surface area contributed by atoms with Crippen LogP contribution in [0.25, 0.3) is 5.69 Å². The van der Waals surface area contributed by atoms with E-state index in [1.807, 2.05) is 18.2 Å². The fraction of sp³-hybridized carbons (Fsp3) is 0.333. The van der Waals surface area contributed by atoms with Crippen molar-refractivity contribution < 1.29 is 13.9 Å². The van der Waals surface area contributed by atoms with Crippen molar-refractivity contribution in [1.82, 2.24) is 9.78 Å². The Bertz CT molecular complexity index is 1100. The molecule has 1 heterocycles. The van der Waals surface area contributed by atoms with Crippen molar-refractivity contribution in [2.24, 2.45) is 0 Å². The van der Waals surface area contributed by atoms with Crippen LogP contribution in [0, 0.1) is 5.82 Å². The number of carbonyl (C=O) groups excluding carboxylic acids is 1. The molecule has 0 saturated carbocycles. The molecule has 1 aliphatic carbocycles. The van der Waals surface area contributed by atoms with Crippen molar-refractivity contribution >= 4 is 29.2 Å². The summed E-state index contributed by atoms with van der Waals surface area (Å²) in [6.45, 7) is 2.06. The first-order valence-corrected chi connectivity index (χ1v) is 11.2. The van der Waals surface area contributed by atoms with Crippen LogP contribution in [-0.2, 0) is 17.6 Å². The summed E-state index contributed by atoms with van der Waals surface area (Å²) < 4.78 is 20.5. The molecule has 0 radical (unpaired) electrons. The molecular weight excluding hydrogens is 438 g/mol. The molecule has 1 atom stereocenters. The van der Waals surface area contributed by atoms with E-state index in [9.17, 15) is 9.18 Å². The fourth-order valence-electron chi connectivity index (χ4n) is 4.26. The van der Waals surface area contributed by atoms with Gasteiger partial charge in [-0.2, -0.15) is 5.10 Å². The van der Waals surface area contributed by atoms with Crippen LogP contribution in [-0.4, -0.2) is 22.4 Å². The largest absolute Gasteiger partial charge is 0.461 e. The average molecular weight is 461 g/mol. The van der Waals surface area contributed by atoms with Crippen LogP contribution in [0.2, 0.25) is 10.0 Å². The van der Waals surface area contributed by atoms with E-state index in [0.717, 1.165) is 42.5 Å². The Morgan fingerprint density at radius 1 is 1.19 bits per heavy atom. The second-order valence-electron chi connectivity index (χ2n) is 7.71. The lowest BCUT2D eigenvalue weighted by molar-refractivity contribution is 0.0517. The highest BCUT2D eigenvalue weighted by molar-refractivity contribution is 6.35. The van der Waals surface area contributed by atoms with Gasteiger partial charge in [-0.3, -0.25) is 0 Å². The first-order valence-electron chi connectivity index (χ1n) is 10.5. The minimum atomic E-state index is -0.426. The standard InChI is InChI=1S/C24H23Cl2FN2O2/c1-2-31-24(30)22-19-6-4-3-5-16(13-15-7-10-18(27)11-8-15)23(19)29(28-22)21-12-9-17(25)14-20(21)26/h7-12,14,16H,2-6,13H2,1H3. The fourth-order valence-corrected chi connectivity index (χ4v) is 4.75. The Labute approximate surface area is 190 Å². The minimum Gasteiger partial charge on any atom is -0.461 e. The lowest BCUT2D eigenvalue weighted by Gasteiger charge is -2.19. The van der Waals surface area contributed by atoms with Gasteiger partial charge in [0.05, 0.1) is 23.0 Å². The number of fused-ring (bicyclic) bond motifs is 1. The monoisotopic (exact) mass is 460 g/mol. The van der Waals surface area contributed by atoms with Crippen LogP contribution in [0.15, 0.2) is 42.5 Å². The summed E-state index contributed by atoms with van der Waals surface area (Å²) in [4.78, 5) is 12.7. The summed E-state index contributed by atoms with van der Waals surface area (Å²) >= 11 is 12.6. The van der Waals surface area contributed by atoms with Gasteiger partial charge in [0.15, 0.2) is 5.69 Å². The highest BCUT2D eigenvalue weighted by atomic mass is 35.5. The Morgan fingerprint density at radius 3 is 2.68 bits per heavy atom. The number of hydrogen-bond donors (Lipinski definition) is 0. The van der Waals surface area contributed by atoms with Crippen LogP contribution in [0.3, 0.4) is 0 Å². The molecule has 3 aromatic rings. The zero-order chi connectivity index (χ0) is 22.0. The molecule has 0 fully saturated rings. The number of hydrogen-bond acceptors (Lipinski definition) is 3. The van der Waals surface area contributed by atoms with Crippen LogP contribution >= 0.6 is 23.2 Å². The van der Waals surface area contributed by atoms with Gasteiger partial charge in [-0.1, -0.05) is 41.8 Å². The Morgan fingerprint density at radius 2 is 1.97 bits per heavy atom. The van der Waals surface area contributed by atoms with Crippen molar-refractivity contribution in [2.45, 2.75) is 44.9 Å². The maximum atomic E-state index is 13.4. The smallest absolute Gasteiger partial charge is 0.359 e. The molecule has 1 unspecified atom stereocenters. The van der Waals surface area contributed by atoms with E-state index in [1.165, 1.54) is 12.1 Å². The molecule has 4 nitrogen and oxygen atoms in total. The Balaban J connectivity index is 1.86. The summed E-state index contributed by atoms with van der Waals surface area (Å²) in [5, 5.41) is 5.66. The molecule has 0 spiro atoms. The summed E-state index contributed by atoms with van der Waals surface area (Å²) in [7, 11) is 0. The van der Waals surface area contributed by atoms with Crippen LogP contribution in [0.1, 0.15) is 59.4 Å². The van der Waals surface area contributed by atoms with E-state index >= 15 is 0 Å². The number of halogens is 3. The molecule has 162 valence electrons. The summed E-state index contributed by atoms with van der Waals surface area (Å²) in [6, 6.07) is 11.8. The summed E-state index contributed by atoms with van der Waals surface area (Å²) in [5.74, 6) is -0.580. The van der Waals surface area contributed by atoms with E-state index < -0.39 is 5.97 Å². The normalized spacial score (nSPS) is 15.9. The van der Waals surface area contributed by atoms with E-state index in [0.29, 0.717) is 27.8 Å². The molecule has 1 aromatic heterocycles. The second-order valence-corrected chi connectivity index (χ2v) is 8.56. The van der Waals surface area contributed by atoms with E-state index in [2.05, 4.69) is 5.10 Å². The minimum absolute atomic E-state index is 0.102. The second kappa shape index (κ2) is 9.41. The number of ether oxygens (including phenoxy) is 1. The molecule has 2 aromatic carbocycles. The van der Waals surface area contributed by atoms with E-state index in [-0.39, 0.29) is 18.3 Å². The van der Waals surface area contributed by atoms with Gasteiger partial charge in [0.1, 0.15) is 5.82 Å². The number of esters is 1. The maximum Gasteiger partial charge on any atom is 0.359 e. The first-order chi connectivity index (χ1) is 15.0. The van der Waals surface area contributed by atoms with Crippen molar-refractivity contribution in [3.8, 4) is 5.69 Å². The molecule has 4 rings (SSSR count). The van der Waals surface area contributed by atoms with Crippen molar-refractivity contribution in [3.05, 3.63) is 80.8 Å². The predicted molar refractivity (Wildman–Crippen MR) is 120 cm³/mol. The summed E-state index contributed by atoms with van der Waals surface area (Å²) in [5.41, 5.74) is 3.92. The predicted octanol–water partition coefficient (Wildman–Crippen LogP) is 6.55. The van der Waals surface area contributed by atoms with E-state index in [1.54, 1.807) is 23.7 Å². The Hall–Kier alpha value is -2.37. The first kappa shape index (κ1) is 21.8. The van der Waals surface area contributed by atoms with Crippen molar-refractivity contribution in [2.75, 3.05) is 6.61 Å². The topological polar surface area (TPSA) is 44.1 Å². The van der Waals surface area contributed by atoms with Crippen LogP contribution in [0.5, 0.6) is 0 Å². The molecular formula is C24H23Cl2FN2O2. The van der Waals surface area contributed by atoms with Gasteiger partial charge in [-0.25, -0.2) is 13.9 Å². The molecule has 0 aliphatic heterocycles. The van der Waals surface area contributed by atoms with Gasteiger partial charge >= 0.3 is 5.97 Å². The number of benzene rings is 2. The van der Waals surface area contributed by atoms with E-state index in [4.69, 9.17) is 27.9 Å². The molecule has 0 saturated heterocycles. The molecule has 0 amide bonds. The number of carbonyl (C=O) groups is 1. The lowest BCUT2D eigenvalue weighted by atomic mass is 9.91. The van der Waals surface area contributed by atoms with Gasteiger partial charge in [0.25, 0.3) is 0 Å². The maximum absolute atomic E-state index is 13.4. The third-order valence-electron chi connectivity index (χ3n) is 5.64. The number of nitrogens with zero attached hydrogens (tertiary/aromatic N) is 2. The van der Waals surface area contributed by atoms with Crippen molar-refractivity contribution in [1.29, 1.82) is 0 Å². The SMILES string of the molecule is CCOC(=O)c1nn(-c2ccc(Cl)cc2Cl)c2c1CCCCC2Cc1ccc(F)cc1. The Kier molecular flexibility index (Phi) is 6.63. The third-order valence-corrected chi connectivity index (χ3v) is 6.18. The zero-order valence-electron chi connectivity index (χ0n) is 17.2. The number of aromatic nitrogens is 2. The van der Waals surface area contributed by atoms with Crippen LogP contribution < -0.4 is 0 Å². The van der Waals surface area contributed by atoms with Gasteiger partial charge in [0, 0.05) is 16.5 Å². The molecule has 0 bridgehead atoms. The number of rotatable bonds is 5. The quantitative estimate of drug-likeness (QED) is 0.320. The van der Waals surface area contributed by atoms with Crippen LogP contribution in [0.4, 0.5) is 4.39 Å². The lowest BCUT2D eigenvalue weighted by Crippen LogP contribution is -2.11. The zero-order valence-corrected chi connectivity index (χ0v) is 18.7. The molecule has 1 aliphatic rings.